The smallest absolute Gasteiger partial charge is 0.457 e. The van der Waals surface area contributed by atoms with E-state index < -0.39 is 0 Å². The number of nitrogens with zero attached hydrogens (tertiary/aromatic N) is 5. The number of benzene rings is 9. The molecule has 2 aromatic heterocycles. The molecule has 0 spiro atoms. The molecule has 12 rings (SSSR count). The molecule has 0 N–H and O–H groups in total. The summed E-state index contributed by atoms with van der Waals surface area (Å²) in [5.41, 5.74) is 13.5. The van der Waals surface area contributed by atoms with Crippen LogP contribution in [0.4, 0.5) is 48.6 Å². The van der Waals surface area contributed by atoms with Gasteiger partial charge in [0.15, 0.2) is 0 Å². The van der Waals surface area contributed by atoms with Crippen LogP contribution in [0, 0.1) is 11.6 Å². The lowest BCUT2D eigenvalue weighted by atomic mass is 9.82. The van der Waals surface area contributed by atoms with Gasteiger partial charge in [0, 0.05) is 58.7 Å². The molecule has 1 aliphatic heterocycles. The van der Waals surface area contributed by atoms with Gasteiger partial charge in [0.05, 0.1) is 33.9 Å². The monoisotopic (exact) mass is 995 g/mol. The van der Waals surface area contributed by atoms with Crippen LogP contribution < -0.4 is 18.8 Å². The summed E-state index contributed by atoms with van der Waals surface area (Å²) in [7, 11) is 0. The number of hydrogen-bond donors (Lipinski definition) is 0. The van der Waals surface area contributed by atoms with Crippen LogP contribution in [0.1, 0.15) is 52.7 Å². The van der Waals surface area contributed by atoms with Crippen LogP contribution in [0.2, 0.25) is 0 Å². The second-order valence-corrected chi connectivity index (χ2v) is 21.4. The lowest BCUT2D eigenvalue weighted by Crippen LogP contribution is -2.13. The molecule has 3 heterocycles. The van der Waals surface area contributed by atoms with Crippen molar-refractivity contribution in [2.24, 2.45) is 0 Å². The first-order chi connectivity index (χ1) is 36.7. The van der Waals surface area contributed by atoms with Crippen molar-refractivity contribution in [1.82, 2.24) is 18.7 Å². The van der Waals surface area contributed by atoms with Gasteiger partial charge < -0.3 is 9.64 Å². The van der Waals surface area contributed by atoms with E-state index in [4.69, 9.17) is 9.72 Å². The highest BCUT2D eigenvalue weighted by Crippen LogP contribution is 2.48. The number of anilines is 3. The molecule has 1 aliphatic rings. The Kier molecular flexibility index (Phi) is 11.9. The highest BCUT2D eigenvalue weighted by molar-refractivity contribution is 6.09. The zero-order chi connectivity index (χ0) is 52.3. The minimum atomic E-state index is -0.324. The summed E-state index contributed by atoms with van der Waals surface area (Å²) in [5.74, 6) is 1.44. The summed E-state index contributed by atoms with van der Waals surface area (Å²) in [6.45, 7) is 13.2. The van der Waals surface area contributed by atoms with Crippen LogP contribution in [0.5, 0.6) is 11.5 Å². The van der Waals surface area contributed by atoms with Gasteiger partial charge in [-0.05, 0) is 133 Å². The van der Waals surface area contributed by atoms with Crippen molar-refractivity contribution in [1.29, 1.82) is 0 Å². The quantitative estimate of drug-likeness (QED) is 0.128. The molecule has 8 heteroatoms. The topological polar surface area (TPSA) is 36.3 Å². The van der Waals surface area contributed by atoms with E-state index in [-0.39, 0.29) is 22.5 Å². The van der Waals surface area contributed by atoms with E-state index in [1.165, 1.54) is 29.8 Å². The second-order valence-electron chi connectivity index (χ2n) is 21.4. The number of para-hydroxylation sites is 5. The number of halogens is 2. The molecule has 76 heavy (non-hydrogen) atoms. The first-order valence-corrected chi connectivity index (χ1v) is 25.6. The number of rotatable bonds is 10. The third-order valence-electron chi connectivity index (χ3n) is 14.2. The maximum atomic E-state index is 14.7. The average molecular weight is 996 g/mol. The van der Waals surface area contributed by atoms with Crippen molar-refractivity contribution in [3.05, 3.63) is 247 Å². The summed E-state index contributed by atoms with van der Waals surface area (Å²) in [6, 6.07) is 75.7. The fourth-order valence-corrected chi connectivity index (χ4v) is 10.3. The van der Waals surface area contributed by atoms with Crippen LogP contribution in [0.15, 0.2) is 225 Å². The summed E-state index contributed by atoms with van der Waals surface area (Å²) >= 11 is 0. The van der Waals surface area contributed by atoms with Crippen LogP contribution in [0.25, 0.3) is 49.9 Å². The predicted molar refractivity (Wildman–Crippen MR) is 309 cm³/mol. The molecular formula is C68H55F2N5O+2. The summed E-state index contributed by atoms with van der Waals surface area (Å²) in [4.78, 5) is 7.17. The van der Waals surface area contributed by atoms with E-state index in [0.717, 1.165) is 95.3 Å². The molecule has 0 fully saturated rings. The maximum Gasteiger partial charge on any atom is 0.503 e. The Morgan fingerprint density at radius 2 is 1.03 bits per heavy atom. The highest BCUT2D eigenvalue weighted by Gasteiger charge is 2.40. The van der Waals surface area contributed by atoms with Gasteiger partial charge in [0.2, 0.25) is 11.4 Å². The van der Waals surface area contributed by atoms with Crippen LogP contribution in [-0.4, -0.2) is 15.6 Å². The summed E-state index contributed by atoms with van der Waals surface area (Å²) < 4.78 is 43.0. The molecule has 6 nitrogen and oxygen atoms in total. The van der Waals surface area contributed by atoms with Gasteiger partial charge in [-0.3, -0.25) is 4.57 Å². The molecule has 0 saturated heterocycles. The van der Waals surface area contributed by atoms with E-state index in [1.807, 2.05) is 85.1 Å². The molecule has 11 aromatic rings. The number of ether oxygens (including phenoxy) is 1. The van der Waals surface area contributed by atoms with Gasteiger partial charge in [-0.1, -0.05) is 133 Å². The SMILES string of the molecule is CC(C)(C)c1ccnc(-n2c3ccccc3c3ccc(Oc4cc(N(c5ccccc5)c5ccccc5)cc([N+]5=C=[N+](c6c(-c7ccc(F)cc7)cc(C(C)(C)C)cc6-c6ccc(F)cc6)c6ccccc65)c4)cc32)c1. The zero-order valence-electron chi connectivity index (χ0n) is 43.3. The normalized spacial score (nSPS) is 12.4. The Bertz CT molecular complexity index is 3980. The second kappa shape index (κ2) is 18.9. The van der Waals surface area contributed by atoms with Crippen LogP contribution in [0.3, 0.4) is 0 Å². The minimum Gasteiger partial charge on any atom is -0.457 e. The molecule has 0 unspecified atom stereocenters. The molecule has 370 valence electrons. The molecule has 0 saturated carbocycles. The van der Waals surface area contributed by atoms with Crippen molar-refractivity contribution in [2.75, 3.05) is 4.90 Å². The van der Waals surface area contributed by atoms with Crippen LogP contribution in [-0.2, 0) is 10.8 Å². The Hall–Kier alpha value is -9.23. The molecule has 0 radical (unpaired) electrons. The zero-order valence-corrected chi connectivity index (χ0v) is 43.3. The van der Waals surface area contributed by atoms with E-state index in [9.17, 15) is 8.78 Å². The first kappa shape index (κ1) is 47.8. The number of fused-ring (bicyclic) bond motifs is 4. The van der Waals surface area contributed by atoms with E-state index >= 15 is 0 Å². The molecule has 0 bridgehead atoms. The van der Waals surface area contributed by atoms with E-state index in [2.05, 4.69) is 181 Å². The third kappa shape index (κ3) is 8.93. The summed E-state index contributed by atoms with van der Waals surface area (Å²) in [6.07, 6.45) is 1.90. The van der Waals surface area contributed by atoms with Crippen molar-refractivity contribution >= 4 is 67.6 Å². The molecule has 0 atom stereocenters. The Labute approximate surface area is 442 Å². The molecule has 9 aromatic carbocycles. The first-order valence-electron chi connectivity index (χ1n) is 25.6. The van der Waals surface area contributed by atoms with Gasteiger partial charge in [-0.15, -0.1) is 0 Å². The Morgan fingerprint density at radius 1 is 0.474 bits per heavy atom. The number of hydrogen-bond acceptors (Lipinski definition) is 3. The Balaban J connectivity index is 1.11. The maximum absolute atomic E-state index is 14.7. The molecule has 0 aliphatic carbocycles. The standard InChI is InChI=1S/C68H55F2N5O/c1-67(2,3)47-35-36-71-65(39-47)75-61-22-14-13-21-57(61)58-34-33-55(43-64(58)75)76-56-41-53(40-54(42-56)74(51-17-9-7-10-18-51)52-19-11-8-12-20-52)72-44-73(63-24-16-15-23-62(63)72)66-59(45-25-29-49(69)30-26-45)37-48(68(4,5)6)38-60(66)46-27-31-50(70)32-28-46/h7-43H,1-6H3/q+2. The van der Waals surface area contributed by atoms with Crippen molar-refractivity contribution < 1.29 is 13.5 Å². The fraction of sp³-hybridized carbons (Fsp3) is 0.118. The largest absolute Gasteiger partial charge is 0.503 e. The van der Waals surface area contributed by atoms with Gasteiger partial charge in [-0.25, -0.2) is 13.8 Å². The van der Waals surface area contributed by atoms with Gasteiger partial charge in [-0.2, -0.15) is 0 Å². The Morgan fingerprint density at radius 3 is 1.63 bits per heavy atom. The fourth-order valence-electron chi connectivity index (χ4n) is 10.3. The third-order valence-corrected chi connectivity index (χ3v) is 14.2. The van der Waals surface area contributed by atoms with Crippen molar-refractivity contribution in [2.45, 2.75) is 52.4 Å². The molecular weight excluding hydrogens is 941 g/mol. The van der Waals surface area contributed by atoms with Gasteiger partial charge >= 0.3 is 6.01 Å². The summed E-state index contributed by atoms with van der Waals surface area (Å²) in [5, 5.41) is 2.22. The highest BCUT2D eigenvalue weighted by atomic mass is 19.1. The lowest BCUT2D eigenvalue weighted by Gasteiger charge is -2.25. The number of pyridine rings is 1. The lowest BCUT2D eigenvalue weighted by molar-refractivity contribution is 0.483. The number of aromatic nitrogens is 2. The predicted octanol–water partition coefficient (Wildman–Crippen LogP) is 18.5. The molecule has 0 amide bonds. The van der Waals surface area contributed by atoms with E-state index in [0.29, 0.717) is 11.5 Å². The average Bonchev–Trinajstić information content (AvgIpc) is 4.10. The van der Waals surface area contributed by atoms with E-state index in [1.54, 1.807) is 0 Å². The van der Waals surface area contributed by atoms with Crippen molar-refractivity contribution in [3.63, 3.8) is 0 Å². The minimum absolute atomic E-state index is 0.0742. The van der Waals surface area contributed by atoms with Gasteiger partial charge in [0.1, 0.15) is 29.0 Å². The van der Waals surface area contributed by atoms with Crippen LogP contribution >= 0.6 is 0 Å². The van der Waals surface area contributed by atoms with Gasteiger partial charge in [0.25, 0.3) is 11.4 Å². The van der Waals surface area contributed by atoms with Crippen molar-refractivity contribution in [3.8, 4) is 39.6 Å².